The fourth-order valence-electron chi connectivity index (χ4n) is 0.211. The molecule has 0 aliphatic carbocycles. The van der Waals surface area contributed by atoms with Crippen molar-refractivity contribution in [3.63, 3.8) is 0 Å². The molecule has 0 radical (unpaired) electrons. The quantitative estimate of drug-likeness (QED) is 0.291. The second-order valence-corrected chi connectivity index (χ2v) is 3.74. The van der Waals surface area contributed by atoms with Crippen LogP contribution in [-0.2, 0) is 18.2 Å². The van der Waals surface area contributed by atoms with Gasteiger partial charge in [-0.3, -0.25) is 19.6 Å². The highest BCUT2D eigenvalue weighted by Crippen LogP contribution is 2.41. The summed E-state index contributed by atoms with van der Waals surface area (Å²) in [6.07, 6.45) is -2.14. The highest BCUT2D eigenvalue weighted by atomic mass is 31.2. The molecule has 0 heterocycles. The molecule has 88 valence electrons. The normalized spacial score (nSPS) is 9.25. The first-order chi connectivity index (χ1) is 5.10. The maximum absolute atomic E-state index is 10.0. The van der Waals surface area contributed by atoms with Crippen LogP contribution < -0.4 is 0 Å². The summed E-state index contributed by atoms with van der Waals surface area (Å²) in [4.78, 5) is 41.7. The molecule has 0 aromatic carbocycles. The topological polar surface area (TPSA) is 151 Å². The lowest BCUT2D eigenvalue weighted by Crippen LogP contribution is -2.03. The van der Waals surface area contributed by atoms with Crippen LogP contribution in [0.4, 0.5) is 4.79 Å². The van der Waals surface area contributed by atoms with Crippen molar-refractivity contribution in [1.82, 2.24) is 0 Å². The molecule has 0 aromatic heterocycles. The fourth-order valence-corrected chi connectivity index (χ4v) is 0.733. The minimum Gasteiger partial charge on any atom is -0.337 e. The smallest absolute Gasteiger partial charge is 0.337 e. The lowest BCUT2D eigenvalue weighted by Gasteiger charge is -2.05. The van der Waals surface area contributed by atoms with E-state index in [4.69, 9.17) is 19.6 Å². The van der Waals surface area contributed by atoms with E-state index in [1.54, 1.807) is 0 Å². The Hall–Kier alpha value is 2.63. The zero-order valence-electron chi connectivity index (χ0n) is 5.22. The zero-order valence-corrected chi connectivity index (χ0v) is 7.01. The molecule has 0 atom stereocenters. The van der Waals surface area contributed by atoms with Gasteiger partial charge in [-0.15, -0.1) is 0 Å². The molecule has 0 spiro atoms. The average Bonchev–Trinajstić information content (AvgIpc) is 1.49. The summed E-state index contributed by atoms with van der Waals surface area (Å²) >= 11 is 0. The first-order valence-corrected chi connectivity index (χ1v) is 5.20. The standard InChI is InChI=1S/CH4O9P2.4Mg.8H/c2-1(9-11(3,4)5)10-12(6,7)8;;;;;;;;;;;;/h(H2,3,4,5)(H2,6,7,8);;;;;;;;;;;;. The van der Waals surface area contributed by atoms with Crippen molar-refractivity contribution in [2.24, 2.45) is 0 Å². The summed E-state index contributed by atoms with van der Waals surface area (Å²) in [5, 5.41) is 0. The van der Waals surface area contributed by atoms with E-state index >= 15 is 0 Å². The van der Waals surface area contributed by atoms with E-state index in [0.29, 0.717) is 0 Å². The van der Waals surface area contributed by atoms with Crippen LogP contribution in [0.15, 0.2) is 0 Å². The van der Waals surface area contributed by atoms with Gasteiger partial charge in [0, 0.05) is 0 Å². The Morgan fingerprint density at radius 1 is 0.750 bits per heavy atom. The third-order valence-electron chi connectivity index (χ3n) is 0.387. The molecule has 0 saturated heterocycles. The van der Waals surface area contributed by atoms with Crippen LogP contribution in [0.2, 0.25) is 0 Å². The second kappa shape index (κ2) is 12.7. The van der Waals surface area contributed by atoms with Gasteiger partial charge in [-0.2, -0.15) is 0 Å². The van der Waals surface area contributed by atoms with Crippen molar-refractivity contribution in [1.29, 1.82) is 0 Å². The third kappa shape index (κ3) is 25.5. The average molecular weight is 327 g/mol. The van der Waals surface area contributed by atoms with Crippen molar-refractivity contribution in [2.75, 3.05) is 0 Å². The molecule has 9 nitrogen and oxygen atoms in total. The van der Waals surface area contributed by atoms with Crippen LogP contribution in [-0.4, -0.2) is 118 Å². The second-order valence-electron chi connectivity index (χ2n) is 1.41. The molecule has 4 N–H and O–H groups in total. The molecule has 0 rings (SSSR count). The van der Waals surface area contributed by atoms with Crippen LogP contribution in [0.3, 0.4) is 0 Å². The minimum atomic E-state index is -5.13. The molecule has 15 heteroatoms. The van der Waals surface area contributed by atoms with Crippen molar-refractivity contribution in [3.05, 3.63) is 0 Å². The van der Waals surface area contributed by atoms with Gasteiger partial charge in [0.05, 0.1) is 0 Å². The third-order valence-corrected chi connectivity index (χ3v) is 1.16. The largest absolute Gasteiger partial charge is 0.529 e. The summed E-state index contributed by atoms with van der Waals surface area (Å²) in [5.74, 6) is 0. The number of carbonyl (C=O) groups excluding carboxylic acids is 1. The lowest BCUT2D eigenvalue weighted by atomic mass is 11.5. The van der Waals surface area contributed by atoms with E-state index in [2.05, 4.69) is 9.05 Å². The van der Waals surface area contributed by atoms with Crippen molar-refractivity contribution in [2.45, 2.75) is 0 Å². The Kier molecular flexibility index (Phi) is 24.7. The van der Waals surface area contributed by atoms with Crippen molar-refractivity contribution < 1.29 is 42.5 Å². The van der Waals surface area contributed by atoms with E-state index < -0.39 is 21.8 Å². The van der Waals surface area contributed by atoms with Gasteiger partial charge in [0.25, 0.3) is 0 Å². The van der Waals surface area contributed by atoms with Crippen LogP contribution in [0.5, 0.6) is 0 Å². The number of carbonyl (C=O) groups is 1. The van der Waals surface area contributed by atoms with Gasteiger partial charge in [-0.1, -0.05) is 0 Å². The maximum atomic E-state index is 10.0. The van der Waals surface area contributed by atoms with Crippen molar-refractivity contribution in [3.8, 4) is 0 Å². The Labute approximate surface area is 154 Å². The van der Waals surface area contributed by atoms with Gasteiger partial charge in [-0.05, 0) is 0 Å². The molecule has 16 heavy (non-hydrogen) atoms. The van der Waals surface area contributed by atoms with Gasteiger partial charge >= 0.3 is 114 Å². The van der Waals surface area contributed by atoms with Gasteiger partial charge in [0.1, 0.15) is 0 Å². The highest BCUT2D eigenvalue weighted by Gasteiger charge is 2.28. The first-order valence-electron chi connectivity index (χ1n) is 2.14. The molecule has 0 amide bonds. The van der Waals surface area contributed by atoms with E-state index in [1.807, 2.05) is 0 Å². The summed E-state index contributed by atoms with van der Waals surface area (Å²) < 4.78 is 25.9. The number of rotatable bonds is 2. The molecule has 0 aromatic rings. The predicted octanol–water partition coefficient (Wildman–Crippen LogP) is -4.34. The van der Waals surface area contributed by atoms with Crippen LogP contribution in [0.1, 0.15) is 0 Å². The monoisotopic (exact) mass is 326 g/mol. The minimum absolute atomic E-state index is 0. The number of phosphoric acid groups is 2. The molecule has 0 bridgehead atoms. The maximum Gasteiger partial charge on any atom is 0.529 e. The lowest BCUT2D eigenvalue weighted by molar-refractivity contribution is 0.118. The van der Waals surface area contributed by atoms with Crippen LogP contribution >= 0.6 is 15.6 Å². The SMILES string of the molecule is O=C(OP(=O)(O)O)OP(=O)(O)O.[MgH2].[MgH2].[MgH2].[MgH2]. The van der Waals surface area contributed by atoms with Crippen molar-refractivity contribution >= 4 is 114 Å². The first kappa shape index (κ1) is 31.2. The number of hydrogen-bond donors (Lipinski definition) is 4. The fraction of sp³-hybridized carbons (Fsp3) is 0. The molecule has 0 fully saturated rings. The summed E-state index contributed by atoms with van der Waals surface area (Å²) in [6.45, 7) is 0. The molecule has 0 unspecified atom stereocenters. The Balaban J connectivity index is -0.000000101. The van der Waals surface area contributed by atoms with Crippen LogP contribution in [0.25, 0.3) is 0 Å². The molecule has 0 saturated carbocycles. The highest BCUT2D eigenvalue weighted by molar-refractivity contribution is 7.48. The molecule has 0 aliphatic heterocycles. The summed E-state index contributed by atoms with van der Waals surface area (Å²) in [7, 11) is -10.3. The van der Waals surface area contributed by atoms with Crippen LogP contribution in [0, 0.1) is 0 Å². The zero-order chi connectivity index (χ0) is 9.99. The van der Waals surface area contributed by atoms with E-state index in [1.165, 1.54) is 0 Å². The predicted molar refractivity (Wildman–Crippen MR) is 65.8 cm³/mol. The molecular formula is CH12Mg4O9P2. The van der Waals surface area contributed by atoms with Gasteiger partial charge in [-0.25, -0.2) is 13.9 Å². The molecular weight excluding hydrogens is 315 g/mol. The van der Waals surface area contributed by atoms with Gasteiger partial charge < -0.3 is 9.05 Å². The van der Waals surface area contributed by atoms with Gasteiger partial charge in [0.15, 0.2) is 0 Å². The Morgan fingerprint density at radius 3 is 1.06 bits per heavy atom. The molecule has 0 aliphatic rings. The summed E-state index contributed by atoms with van der Waals surface area (Å²) in [5.41, 5.74) is 0. The summed E-state index contributed by atoms with van der Waals surface area (Å²) in [6, 6.07) is 0. The Morgan fingerprint density at radius 2 is 0.938 bits per heavy atom. The number of hydrogen-bond acceptors (Lipinski definition) is 5. The Bertz CT molecular complexity index is 241. The van der Waals surface area contributed by atoms with Gasteiger partial charge in [0.2, 0.25) is 0 Å². The van der Waals surface area contributed by atoms with E-state index in [0.717, 1.165) is 0 Å². The van der Waals surface area contributed by atoms with E-state index in [-0.39, 0.29) is 92.2 Å². The van der Waals surface area contributed by atoms with E-state index in [9.17, 15) is 13.9 Å². The number of phosphoric ester groups is 2.